The second-order valence-electron chi connectivity index (χ2n) is 6.38. The highest BCUT2D eigenvalue weighted by Gasteiger charge is 2.25. The van der Waals surface area contributed by atoms with Gasteiger partial charge in [-0.3, -0.25) is 4.98 Å². The minimum absolute atomic E-state index is 0.679. The molecule has 0 saturated carbocycles. The topological polar surface area (TPSA) is 39.9 Å². The number of aromatic nitrogens is 3. The Morgan fingerprint density at radius 1 is 1.00 bits per heavy atom. The van der Waals surface area contributed by atoms with E-state index in [4.69, 9.17) is 9.84 Å². The number of nitrogens with zero attached hydrogens (tertiary/aromatic N) is 3. The number of aryl methyl sites for hydroxylation is 1. The molecule has 0 spiro atoms. The number of hydrogen-bond acceptors (Lipinski definition) is 3. The molecule has 0 fully saturated rings. The number of ether oxygens (including phenoxy) is 1. The monoisotopic (exact) mass is 327 g/mol. The highest BCUT2D eigenvalue weighted by Crippen LogP contribution is 2.41. The smallest absolute Gasteiger partial charge is 0.220 e. The second kappa shape index (κ2) is 5.45. The molecule has 0 atom stereocenters. The third-order valence-corrected chi connectivity index (χ3v) is 4.63. The second-order valence-corrected chi connectivity index (χ2v) is 6.38. The van der Waals surface area contributed by atoms with Crippen LogP contribution in [0.3, 0.4) is 0 Å². The number of fused-ring (bicyclic) bond motifs is 2. The molecule has 0 radical (unpaired) electrons. The number of benzene rings is 2. The Hall–Kier alpha value is -3.14. The lowest BCUT2D eigenvalue weighted by atomic mass is 9.99. The molecule has 0 aliphatic carbocycles. The number of pyridine rings is 1. The Morgan fingerprint density at radius 2 is 1.96 bits per heavy atom. The summed E-state index contributed by atoms with van der Waals surface area (Å²) >= 11 is 0. The molecule has 0 amide bonds. The summed E-state index contributed by atoms with van der Waals surface area (Å²) in [6.45, 7) is 3.58. The zero-order valence-corrected chi connectivity index (χ0v) is 13.9. The highest BCUT2D eigenvalue weighted by atomic mass is 16.5. The Bertz CT molecular complexity index is 1100. The average molecular weight is 327 g/mol. The third-order valence-electron chi connectivity index (χ3n) is 4.63. The molecule has 0 saturated heterocycles. The van der Waals surface area contributed by atoms with E-state index >= 15 is 0 Å². The van der Waals surface area contributed by atoms with E-state index in [1.165, 1.54) is 5.56 Å². The molecule has 1 aliphatic rings. The molecular formula is C21H17N3O. The quantitative estimate of drug-likeness (QED) is 0.545. The summed E-state index contributed by atoms with van der Waals surface area (Å²) < 4.78 is 7.89. The minimum Gasteiger partial charge on any atom is -0.475 e. The summed E-state index contributed by atoms with van der Waals surface area (Å²) in [7, 11) is 0. The molecule has 4 nitrogen and oxygen atoms in total. The van der Waals surface area contributed by atoms with Crippen molar-refractivity contribution in [3.63, 3.8) is 0 Å². The van der Waals surface area contributed by atoms with Crippen molar-refractivity contribution in [1.82, 2.24) is 14.8 Å². The Kier molecular flexibility index (Phi) is 3.10. The molecule has 2 aromatic carbocycles. The van der Waals surface area contributed by atoms with E-state index in [1.807, 2.05) is 16.9 Å². The molecule has 3 heterocycles. The van der Waals surface area contributed by atoms with Crippen LogP contribution in [0.25, 0.3) is 33.3 Å². The summed E-state index contributed by atoms with van der Waals surface area (Å²) in [6, 6.07) is 18.8. The van der Waals surface area contributed by atoms with Gasteiger partial charge in [0, 0.05) is 17.1 Å². The van der Waals surface area contributed by atoms with Crippen LogP contribution in [0.2, 0.25) is 0 Å². The van der Waals surface area contributed by atoms with Crippen LogP contribution >= 0.6 is 0 Å². The molecule has 2 aromatic heterocycles. The highest BCUT2D eigenvalue weighted by molar-refractivity contribution is 5.90. The number of hydrogen-bond donors (Lipinski definition) is 0. The van der Waals surface area contributed by atoms with Gasteiger partial charge in [0.2, 0.25) is 5.88 Å². The van der Waals surface area contributed by atoms with Gasteiger partial charge in [-0.1, -0.05) is 35.9 Å². The van der Waals surface area contributed by atoms with Crippen molar-refractivity contribution in [3.8, 4) is 28.3 Å². The maximum absolute atomic E-state index is 5.91. The fraction of sp³-hybridized carbons (Fsp3) is 0.143. The average Bonchev–Trinajstić information content (AvgIpc) is 3.22. The molecule has 0 bridgehead atoms. The van der Waals surface area contributed by atoms with Crippen molar-refractivity contribution in [3.05, 3.63) is 66.4 Å². The Balaban J connectivity index is 1.76. The van der Waals surface area contributed by atoms with Crippen LogP contribution in [-0.4, -0.2) is 21.4 Å². The Morgan fingerprint density at radius 3 is 2.88 bits per heavy atom. The van der Waals surface area contributed by atoms with E-state index in [0.717, 1.165) is 45.7 Å². The Labute approximate surface area is 145 Å². The summed E-state index contributed by atoms with van der Waals surface area (Å²) in [5.74, 6) is 0.861. The van der Waals surface area contributed by atoms with E-state index in [-0.39, 0.29) is 0 Å². The summed E-state index contributed by atoms with van der Waals surface area (Å²) in [5, 5.41) is 5.95. The van der Waals surface area contributed by atoms with Crippen molar-refractivity contribution in [2.75, 3.05) is 6.61 Å². The predicted octanol–water partition coefficient (Wildman–Crippen LogP) is 4.47. The van der Waals surface area contributed by atoms with Gasteiger partial charge in [-0.05, 0) is 36.8 Å². The van der Waals surface area contributed by atoms with Gasteiger partial charge >= 0.3 is 0 Å². The van der Waals surface area contributed by atoms with Crippen LogP contribution in [0.4, 0.5) is 0 Å². The summed E-state index contributed by atoms with van der Waals surface area (Å²) in [5.41, 5.74) is 6.48. The standard InChI is InChI=1S/C21H17N3O/c1-14-4-2-5-17(12-14)20-19(21-24(23-20)10-11-25-21)16-7-8-18-15(13-16)6-3-9-22-18/h2-9,12-13H,10-11H2,1H3. The molecule has 4 heteroatoms. The lowest BCUT2D eigenvalue weighted by Crippen LogP contribution is -1.96. The first-order valence-corrected chi connectivity index (χ1v) is 8.45. The largest absolute Gasteiger partial charge is 0.475 e. The van der Waals surface area contributed by atoms with Crippen molar-refractivity contribution in [2.24, 2.45) is 0 Å². The lowest BCUT2D eigenvalue weighted by Gasteiger charge is -2.07. The van der Waals surface area contributed by atoms with E-state index in [1.54, 1.807) is 0 Å². The summed E-state index contributed by atoms with van der Waals surface area (Å²) in [6.07, 6.45) is 1.82. The van der Waals surface area contributed by atoms with E-state index in [0.29, 0.717) is 6.61 Å². The lowest BCUT2D eigenvalue weighted by molar-refractivity contribution is 0.358. The fourth-order valence-electron chi connectivity index (χ4n) is 3.46. The van der Waals surface area contributed by atoms with Crippen LogP contribution in [0, 0.1) is 6.92 Å². The van der Waals surface area contributed by atoms with Gasteiger partial charge in [-0.25, -0.2) is 4.68 Å². The van der Waals surface area contributed by atoms with Crippen LogP contribution in [0.1, 0.15) is 5.56 Å². The molecule has 122 valence electrons. The van der Waals surface area contributed by atoms with Gasteiger partial charge < -0.3 is 4.74 Å². The maximum atomic E-state index is 5.91. The molecule has 25 heavy (non-hydrogen) atoms. The maximum Gasteiger partial charge on any atom is 0.220 e. The zero-order chi connectivity index (χ0) is 16.8. The molecular weight excluding hydrogens is 310 g/mol. The normalized spacial score (nSPS) is 13.0. The zero-order valence-electron chi connectivity index (χ0n) is 13.9. The summed E-state index contributed by atoms with van der Waals surface area (Å²) in [4.78, 5) is 4.42. The van der Waals surface area contributed by atoms with Gasteiger partial charge in [0.1, 0.15) is 12.3 Å². The van der Waals surface area contributed by atoms with Gasteiger partial charge in [0.05, 0.1) is 17.6 Å². The first kappa shape index (κ1) is 14.2. The fourth-order valence-corrected chi connectivity index (χ4v) is 3.46. The molecule has 5 rings (SSSR count). The van der Waals surface area contributed by atoms with Crippen molar-refractivity contribution in [2.45, 2.75) is 13.5 Å². The first-order chi connectivity index (χ1) is 12.3. The van der Waals surface area contributed by atoms with E-state index < -0.39 is 0 Å². The van der Waals surface area contributed by atoms with E-state index in [9.17, 15) is 0 Å². The molecule has 0 N–H and O–H groups in total. The SMILES string of the molecule is Cc1cccc(-c2nn3c(c2-c2ccc4ncccc4c2)OCC3)c1. The van der Waals surface area contributed by atoms with Crippen LogP contribution in [-0.2, 0) is 6.54 Å². The third kappa shape index (κ3) is 2.30. The minimum atomic E-state index is 0.679. The van der Waals surface area contributed by atoms with Gasteiger partial charge in [0.15, 0.2) is 0 Å². The van der Waals surface area contributed by atoms with Gasteiger partial charge in [-0.2, -0.15) is 5.10 Å². The van der Waals surface area contributed by atoms with Crippen molar-refractivity contribution in [1.29, 1.82) is 0 Å². The van der Waals surface area contributed by atoms with Gasteiger partial charge in [-0.15, -0.1) is 0 Å². The first-order valence-electron chi connectivity index (χ1n) is 8.45. The van der Waals surface area contributed by atoms with Crippen molar-refractivity contribution < 1.29 is 4.74 Å². The van der Waals surface area contributed by atoms with Crippen LogP contribution in [0.15, 0.2) is 60.8 Å². The molecule has 4 aromatic rings. The van der Waals surface area contributed by atoms with E-state index in [2.05, 4.69) is 60.4 Å². The predicted molar refractivity (Wildman–Crippen MR) is 98.6 cm³/mol. The van der Waals surface area contributed by atoms with Crippen molar-refractivity contribution >= 4 is 10.9 Å². The van der Waals surface area contributed by atoms with Gasteiger partial charge in [0.25, 0.3) is 0 Å². The number of rotatable bonds is 2. The molecule has 1 aliphatic heterocycles. The van der Waals surface area contributed by atoms with Crippen LogP contribution < -0.4 is 4.74 Å². The van der Waals surface area contributed by atoms with Crippen LogP contribution in [0.5, 0.6) is 5.88 Å². The molecule has 0 unspecified atom stereocenters.